The normalized spacial score (nSPS) is 24.5. The Balaban J connectivity index is 1.34. The Labute approximate surface area is 234 Å². The van der Waals surface area contributed by atoms with Crippen LogP contribution in [0.3, 0.4) is 0 Å². The molecule has 4 nitrogen and oxygen atoms in total. The number of ether oxygens (including phenoxy) is 2. The highest BCUT2D eigenvalue weighted by Crippen LogP contribution is 2.61. The van der Waals surface area contributed by atoms with Gasteiger partial charge in [0.05, 0.1) is 13.0 Å². The number of hydrogen-bond acceptors (Lipinski definition) is 3. The zero-order valence-corrected chi connectivity index (χ0v) is 23.4. The first-order valence-electron chi connectivity index (χ1n) is 14.3. The molecule has 0 bridgehead atoms. The molecule has 1 N–H and O–H groups in total. The number of hydrogen-bond donors (Lipinski definition) is 1. The molecule has 0 saturated heterocycles. The van der Waals surface area contributed by atoms with Crippen molar-refractivity contribution in [2.24, 2.45) is 11.3 Å². The van der Waals surface area contributed by atoms with Crippen molar-refractivity contribution in [2.75, 3.05) is 7.11 Å². The minimum atomic E-state index is -0.740. The Bertz CT molecular complexity index is 1480. The number of fused-ring (bicyclic) bond motifs is 2. The van der Waals surface area contributed by atoms with Crippen LogP contribution in [0.1, 0.15) is 80.5 Å². The van der Waals surface area contributed by atoms with Crippen LogP contribution in [0.15, 0.2) is 48.5 Å². The fourth-order valence-corrected chi connectivity index (χ4v) is 7.43. The van der Waals surface area contributed by atoms with Crippen LogP contribution in [-0.2, 0) is 23.2 Å². The second-order valence-corrected chi connectivity index (χ2v) is 12.5. The molecule has 2 fully saturated rings. The van der Waals surface area contributed by atoms with Crippen LogP contribution in [0, 0.1) is 23.0 Å². The predicted molar refractivity (Wildman–Crippen MR) is 150 cm³/mol. The van der Waals surface area contributed by atoms with E-state index in [1.54, 1.807) is 12.1 Å². The highest BCUT2D eigenvalue weighted by molar-refractivity contribution is 5.78. The summed E-state index contributed by atoms with van der Waals surface area (Å²) < 4.78 is 42.3. The number of benzene rings is 3. The van der Waals surface area contributed by atoms with Crippen molar-refractivity contribution in [1.82, 2.24) is 0 Å². The Morgan fingerprint density at radius 2 is 1.77 bits per heavy atom. The average Bonchev–Trinajstić information content (AvgIpc) is 3.55. The number of rotatable bonds is 7. The topological polar surface area (TPSA) is 55.8 Å². The second kappa shape index (κ2) is 9.90. The van der Waals surface area contributed by atoms with Crippen molar-refractivity contribution in [3.05, 3.63) is 82.4 Å². The van der Waals surface area contributed by atoms with Crippen LogP contribution in [0.4, 0.5) is 8.78 Å². The van der Waals surface area contributed by atoms with Crippen LogP contribution < -0.4 is 9.47 Å². The molecule has 0 radical (unpaired) electrons. The molecule has 6 heteroatoms. The summed E-state index contributed by atoms with van der Waals surface area (Å²) >= 11 is 0. The van der Waals surface area contributed by atoms with Crippen molar-refractivity contribution < 1.29 is 28.2 Å². The molecule has 3 atom stereocenters. The maximum atomic E-state index is 15.7. The lowest BCUT2D eigenvalue weighted by molar-refractivity contribution is -0.139. The van der Waals surface area contributed by atoms with Gasteiger partial charge in [0.15, 0.2) is 0 Å². The summed E-state index contributed by atoms with van der Waals surface area (Å²) in [6.07, 6.45) is 6.53. The summed E-state index contributed by atoms with van der Waals surface area (Å²) in [6, 6.07) is 13.8. The minimum absolute atomic E-state index is 0.00218. The lowest BCUT2D eigenvalue weighted by Gasteiger charge is -2.30. The summed E-state index contributed by atoms with van der Waals surface area (Å²) in [7, 11) is 1.53. The predicted octanol–water partition coefficient (Wildman–Crippen LogP) is 8.19. The number of carboxylic acid groups (broad SMARTS) is 1. The van der Waals surface area contributed by atoms with E-state index in [0.29, 0.717) is 34.6 Å². The van der Waals surface area contributed by atoms with Crippen molar-refractivity contribution in [3.63, 3.8) is 0 Å². The lowest BCUT2D eigenvalue weighted by Crippen LogP contribution is -2.21. The van der Waals surface area contributed by atoms with Crippen LogP contribution in [-0.4, -0.2) is 18.2 Å². The third-order valence-corrected chi connectivity index (χ3v) is 9.77. The highest BCUT2D eigenvalue weighted by Gasteiger charge is 2.60. The summed E-state index contributed by atoms with van der Waals surface area (Å²) in [5, 5.41) is 9.65. The van der Waals surface area contributed by atoms with Crippen molar-refractivity contribution in [1.29, 1.82) is 0 Å². The molecule has 0 aromatic heterocycles. The number of methoxy groups -OCH3 is 1. The van der Waals surface area contributed by atoms with Gasteiger partial charge >= 0.3 is 5.97 Å². The van der Waals surface area contributed by atoms with Gasteiger partial charge in [0, 0.05) is 16.5 Å². The third-order valence-electron chi connectivity index (χ3n) is 9.77. The first kappa shape index (κ1) is 26.8. The van der Waals surface area contributed by atoms with E-state index in [1.807, 2.05) is 24.3 Å². The minimum Gasteiger partial charge on any atom is -0.497 e. The lowest BCUT2D eigenvalue weighted by atomic mass is 9.75. The molecular weight excluding hydrogens is 510 g/mol. The molecule has 210 valence electrons. The van der Waals surface area contributed by atoms with Crippen LogP contribution in [0.2, 0.25) is 0 Å². The Morgan fingerprint density at radius 3 is 2.48 bits per heavy atom. The van der Waals surface area contributed by atoms with Crippen LogP contribution >= 0.6 is 0 Å². The van der Waals surface area contributed by atoms with Gasteiger partial charge in [-0.15, -0.1) is 0 Å². The molecule has 3 aromatic carbocycles. The van der Waals surface area contributed by atoms with Gasteiger partial charge in [-0.05, 0) is 115 Å². The molecule has 2 saturated carbocycles. The number of carbonyl (C=O) groups is 1. The smallest absolute Gasteiger partial charge is 0.307 e. The maximum absolute atomic E-state index is 15.7. The van der Waals surface area contributed by atoms with E-state index < -0.39 is 17.6 Å². The third kappa shape index (κ3) is 4.55. The van der Waals surface area contributed by atoms with E-state index >= 15 is 8.78 Å². The summed E-state index contributed by atoms with van der Waals surface area (Å²) in [6.45, 7) is 4.48. The molecule has 0 heterocycles. The molecular formula is C34H36F2O4. The van der Waals surface area contributed by atoms with E-state index in [2.05, 4.69) is 13.8 Å². The molecule has 3 aliphatic rings. The molecule has 3 aromatic rings. The van der Waals surface area contributed by atoms with Crippen LogP contribution in [0.5, 0.6) is 11.5 Å². The Morgan fingerprint density at radius 1 is 0.975 bits per heavy atom. The van der Waals surface area contributed by atoms with Crippen LogP contribution in [0.25, 0.3) is 11.1 Å². The van der Waals surface area contributed by atoms with E-state index in [9.17, 15) is 9.90 Å². The molecule has 1 spiro atoms. The average molecular weight is 547 g/mol. The summed E-state index contributed by atoms with van der Waals surface area (Å²) in [5.41, 5.74) is 4.20. The second-order valence-electron chi connectivity index (χ2n) is 12.5. The van der Waals surface area contributed by atoms with Gasteiger partial charge < -0.3 is 14.6 Å². The molecule has 6 rings (SSSR count). The van der Waals surface area contributed by atoms with Crippen molar-refractivity contribution in [3.8, 4) is 22.6 Å². The monoisotopic (exact) mass is 546 g/mol. The first-order valence-corrected chi connectivity index (χ1v) is 14.3. The standard InChI is InChI=1S/C34H36F2O4/c1-33(2)12-5-7-27(33)25-14-21(31(36)17-24(25)26-15-22(39-3)10-11-30(26)35)19-40-23-9-8-20-6-4-13-34(28(20)16-23)18-29(34)32(37)38/h8-11,14-17,27,29H,4-7,12-13,18-19H2,1-3H3,(H,37,38). The van der Waals surface area contributed by atoms with Gasteiger partial charge in [-0.1, -0.05) is 26.3 Å². The molecule has 3 aliphatic carbocycles. The van der Waals surface area contributed by atoms with Gasteiger partial charge in [-0.2, -0.15) is 0 Å². The molecule has 0 aliphatic heterocycles. The largest absolute Gasteiger partial charge is 0.497 e. The van der Waals surface area contributed by atoms with E-state index in [0.717, 1.165) is 49.7 Å². The van der Waals surface area contributed by atoms with E-state index in [1.165, 1.54) is 24.8 Å². The number of aryl methyl sites for hydroxylation is 1. The van der Waals surface area contributed by atoms with E-state index in [4.69, 9.17) is 9.47 Å². The Hall–Kier alpha value is -3.41. The fourth-order valence-electron chi connectivity index (χ4n) is 7.43. The first-order chi connectivity index (χ1) is 19.1. The van der Waals surface area contributed by atoms with Crippen molar-refractivity contribution in [2.45, 2.75) is 76.7 Å². The molecule has 0 amide bonds. The summed E-state index contributed by atoms with van der Waals surface area (Å²) in [5.74, 6) is -0.660. The quantitative estimate of drug-likeness (QED) is 0.325. The van der Waals surface area contributed by atoms with Crippen molar-refractivity contribution >= 4 is 5.97 Å². The SMILES string of the molecule is COc1ccc(F)c(-c2cc(F)c(COc3ccc4c(c3)C3(CCC4)CC3C(=O)O)cc2C2CCCC2(C)C)c1. The molecule has 40 heavy (non-hydrogen) atoms. The van der Waals surface area contributed by atoms with Gasteiger partial charge in [0.2, 0.25) is 0 Å². The number of carboxylic acids is 1. The Kier molecular flexibility index (Phi) is 6.63. The van der Waals surface area contributed by atoms with Gasteiger partial charge in [0.25, 0.3) is 0 Å². The fraction of sp³-hybridized carbons (Fsp3) is 0.441. The maximum Gasteiger partial charge on any atom is 0.307 e. The summed E-state index contributed by atoms with van der Waals surface area (Å²) in [4.78, 5) is 11.7. The van der Waals surface area contributed by atoms with Gasteiger partial charge in [0.1, 0.15) is 29.7 Å². The number of halogens is 2. The van der Waals surface area contributed by atoms with Gasteiger partial charge in [-0.25, -0.2) is 8.78 Å². The zero-order chi connectivity index (χ0) is 28.2. The van der Waals surface area contributed by atoms with E-state index in [-0.39, 0.29) is 29.3 Å². The zero-order valence-electron chi connectivity index (χ0n) is 23.4. The number of aliphatic carboxylic acids is 1. The van der Waals surface area contributed by atoms with Gasteiger partial charge in [-0.3, -0.25) is 4.79 Å². The highest BCUT2D eigenvalue weighted by atomic mass is 19.1. The molecule has 3 unspecified atom stereocenters.